The van der Waals surface area contributed by atoms with Gasteiger partial charge in [0, 0.05) is 6.42 Å². The van der Waals surface area contributed by atoms with Gasteiger partial charge in [-0.3, -0.25) is 9.78 Å². The van der Waals surface area contributed by atoms with E-state index in [1.54, 1.807) is 12.1 Å². The van der Waals surface area contributed by atoms with Crippen molar-refractivity contribution in [3.8, 4) is 5.75 Å². The minimum Gasteiger partial charge on any atom is -0.495 e. The molecule has 0 aromatic carbocycles. The van der Waals surface area contributed by atoms with E-state index >= 15 is 0 Å². The molecule has 2 N–H and O–H groups in total. The summed E-state index contributed by atoms with van der Waals surface area (Å²) in [6, 6.07) is 3.32. The maximum absolute atomic E-state index is 10.4. The van der Waals surface area contributed by atoms with Crippen LogP contribution in [-0.4, -0.2) is 28.3 Å². The molecule has 1 heterocycles. The Morgan fingerprint density at radius 2 is 2.27 bits per heavy atom. The van der Waals surface area contributed by atoms with E-state index in [9.17, 15) is 4.79 Å². The van der Waals surface area contributed by atoms with Crippen molar-refractivity contribution in [2.24, 2.45) is 0 Å². The number of methoxy groups -OCH3 is 1. The van der Waals surface area contributed by atoms with E-state index < -0.39 is 5.97 Å². The van der Waals surface area contributed by atoms with Crippen molar-refractivity contribution in [1.29, 1.82) is 0 Å². The topological polar surface area (TPSA) is 79.7 Å². The standard InChI is InChI=1S/C10H13NO4/c1-15-9-4-2-7(6-12)11-8(9)3-5-10(13)14/h2,4,12H,3,5-6H2,1H3,(H,13,14). The Kier molecular flexibility index (Phi) is 4.05. The van der Waals surface area contributed by atoms with Crippen LogP contribution >= 0.6 is 0 Å². The first-order valence-electron chi connectivity index (χ1n) is 4.52. The van der Waals surface area contributed by atoms with Crippen molar-refractivity contribution in [3.05, 3.63) is 23.5 Å². The molecule has 0 spiro atoms. The third-order valence-corrected chi connectivity index (χ3v) is 1.95. The number of hydrogen-bond acceptors (Lipinski definition) is 4. The number of hydrogen-bond donors (Lipinski definition) is 2. The second-order valence-corrected chi connectivity index (χ2v) is 3.00. The summed E-state index contributed by atoms with van der Waals surface area (Å²) in [6.45, 7) is -0.163. The zero-order valence-electron chi connectivity index (χ0n) is 8.43. The molecular weight excluding hydrogens is 198 g/mol. The van der Waals surface area contributed by atoms with E-state index in [0.29, 0.717) is 23.6 Å². The Labute approximate surface area is 87.3 Å². The predicted octanol–water partition coefficient (Wildman–Crippen LogP) is 0.600. The van der Waals surface area contributed by atoms with Gasteiger partial charge in [0.25, 0.3) is 0 Å². The molecule has 1 aromatic heterocycles. The molecule has 0 amide bonds. The SMILES string of the molecule is COc1ccc(CO)nc1CCC(=O)O. The second kappa shape index (κ2) is 5.31. The van der Waals surface area contributed by atoms with Crippen LogP contribution < -0.4 is 4.74 Å². The number of ether oxygens (including phenoxy) is 1. The highest BCUT2D eigenvalue weighted by molar-refractivity contribution is 5.67. The number of aliphatic hydroxyl groups excluding tert-OH is 1. The monoisotopic (exact) mass is 211 g/mol. The molecule has 0 radical (unpaired) electrons. The van der Waals surface area contributed by atoms with E-state index in [1.165, 1.54) is 7.11 Å². The lowest BCUT2D eigenvalue weighted by Gasteiger charge is -2.07. The van der Waals surface area contributed by atoms with E-state index in [-0.39, 0.29) is 13.0 Å². The van der Waals surface area contributed by atoms with E-state index in [2.05, 4.69) is 4.98 Å². The summed E-state index contributed by atoms with van der Waals surface area (Å²) in [5, 5.41) is 17.4. The average Bonchev–Trinajstić information content (AvgIpc) is 2.25. The minimum absolute atomic E-state index is 0.00174. The van der Waals surface area contributed by atoms with Gasteiger partial charge in [0.05, 0.1) is 31.5 Å². The maximum Gasteiger partial charge on any atom is 0.303 e. The van der Waals surface area contributed by atoms with Gasteiger partial charge in [-0.2, -0.15) is 0 Å². The molecule has 0 atom stereocenters. The fraction of sp³-hybridized carbons (Fsp3) is 0.400. The van der Waals surface area contributed by atoms with Gasteiger partial charge in [0.1, 0.15) is 5.75 Å². The van der Waals surface area contributed by atoms with Gasteiger partial charge in [-0.25, -0.2) is 0 Å². The van der Waals surface area contributed by atoms with Crippen LogP contribution in [-0.2, 0) is 17.8 Å². The molecule has 0 aliphatic carbocycles. The Hall–Kier alpha value is -1.62. The number of nitrogens with zero attached hydrogens (tertiary/aromatic N) is 1. The first kappa shape index (κ1) is 11.5. The van der Waals surface area contributed by atoms with Gasteiger partial charge in [-0.1, -0.05) is 0 Å². The van der Waals surface area contributed by atoms with Gasteiger partial charge in [-0.15, -0.1) is 0 Å². The zero-order valence-corrected chi connectivity index (χ0v) is 8.43. The number of aryl methyl sites for hydroxylation is 1. The lowest BCUT2D eigenvalue weighted by atomic mass is 10.2. The fourth-order valence-electron chi connectivity index (χ4n) is 1.21. The quantitative estimate of drug-likeness (QED) is 0.745. The number of carbonyl (C=O) groups is 1. The summed E-state index contributed by atoms with van der Waals surface area (Å²) < 4.78 is 5.04. The highest BCUT2D eigenvalue weighted by atomic mass is 16.5. The summed E-state index contributed by atoms with van der Waals surface area (Å²) in [7, 11) is 1.50. The number of aliphatic hydroxyl groups is 1. The number of carboxylic acid groups (broad SMARTS) is 1. The van der Waals surface area contributed by atoms with Crippen LogP contribution in [0.3, 0.4) is 0 Å². The zero-order chi connectivity index (χ0) is 11.3. The molecule has 0 aliphatic rings. The number of carboxylic acids is 1. The van der Waals surface area contributed by atoms with Crippen molar-refractivity contribution in [2.75, 3.05) is 7.11 Å². The third-order valence-electron chi connectivity index (χ3n) is 1.95. The first-order chi connectivity index (χ1) is 7.17. The summed E-state index contributed by atoms with van der Waals surface area (Å²) in [5.74, 6) is -0.332. The Bertz CT molecular complexity index is 351. The van der Waals surface area contributed by atoms with Crippen molar-refractivity contribution < 1.29 is 19.7 Å². The molecule has 5 heteroatoms. The lowest BCUT2D eigenvalue weighted by molar-refractivity contribution is -0.136. The predicted molar refractivity (Wildman–Crippen MR) is 52.7 cm³/mol. The van der Waals surface area contributed by atoms with Crippen molar-refractivity contribution in [1.82, 2.24) is 4.98 Å². The van der Waals surface area contributed by atoms with E-state index in [4.69, 9.17) is 14.9 Å². The van der Waals surface area contributed by atoms with Crippen molar-refractivity contribution >= 4 is 5.97 Å². The van der Waals surface area contributed by atoms with E-state index in [0.717, 1.165) is 0 Å². The van der Waals surface area contributed by atoms with Crippen LogP contribution in [0.5, 0.6) is 5.75 Å². The molecule has 0 fully saturated rings. The molecule has 0 aliphatic heterocycles. The van der Waals surface area contributed by atoms with Crippen LogP contribution in [0.1, 0.15) is 17.8 Å². The highest BCUT2D eigenvalue weighted by Gasteiger charge is 2.08. The van der Waals surface area contributed by atoms with Gasteiger partial charge in [0.15, 0.2) is 0 Å². The van der Waals surface area contributed by atoms with Crippen LogP contribution in [0.15, 0.2) is 12.1 Å². The molecule has 0 saturated heterocycles. The molecule has 0 bridgehead atoms. The number of aliphatic carboxylic acids is 1. The minimum atomic E-state index is -0.881. The molecular formula is C10H13NO4. The molecule has 5 nitrogen and oxygen atoms in total. The Balaban J connectivity index is 2.85. The Morgan fingerprint density at radius 3 is 2.80 bits per heavy atom. The van der Waals surface area contributed by atoms with Crippen LogP contribution in [0.2, 0.25) is 0 Å². The Morgan fingerprint density at radius 1 is 1.53 bits per heavy atom. The fourth-order valence-corrected chi connectivity index (χ4v) is 1.21. The number of pyridine rings is 1. The van der Waals surface area contributed by atoms with Crippen LogP contribution in [0, 0.1) is 0 Å². The molecule has 82 valence electrons. The van der Waals surface area contributed by atoms with Gasteiger partial charge in [-0.05, 0) is 12.1 Å². The van der Waals surface area contributed by atoms with Gasteiger partial charge < -0.3 is 14.9 Å². The molecule has 1 aromatic rings. The molecule has 15 heavy (non-hydrogen) atoms. The smallest absolute Gasteiger partial charge is 0.303 e. The van der Waals surface area contributed by atoms with Crippen LogP contribution in [0.25, 0.3) is 0 Å². The average molecular weight is 211 g/mol. The van der Waals surface area contributed by atoms with E-state index in [1.807, 2.05) is 0 Å². The third kappa shape index (κ3) is 3.21. The summed E-state index contributed by atoms with van der Waals surface area (Å²) in [6.07, 6.45) is 0.296. The number of aromatic nitrogens is 1. The molecule has 0 unspecified atom stereocenters. The largest absolute Gasteiger partial charge is 0.495 e. The first-order valence-corrected chi connectivity index (χ1v) is 4.52. The van der Waals surface area contributed by atoms with Crippen LogP contribution in [0.4, 0.5) is 0 Å². The maximum atomic E-state index is 10.4. The lowest BCUT2D eigenvalue weighted by Crippen LogP contribution is -2.03. The van der Waals surface area contributed by atoms with Gasteiger partial charge >= 0.3 is 5.97 Å². The number of rotatable bonds is 5. The highest BCUT2D eigenvalue weighted by Crippen LogP contribution is 2.18. The summed E-state index contributed by atoms with van der Waals surface area (Å²) in [5.41, 5.74) is 1.07. The second-order valence-electron chi connectivity index (χ2n) is 3.00. The molecule has 1 rings (SSSR count). The molecule has 0 saturated carbocycles. The van der Waals surface area contributed by atoms with Crippen molar-refractivity contribution in [2.45, 2.75) is 19.4 Å². The normalized spacial score (nSPS) is 10.0. The van der Waals surface area contributed by atoms with Gasteiger partial charge in [0.2, 0.25) is 0 Å². The summed E-state index contributed by atoms with van der Waals surface area (Å²) >= 11 is 0. The van der Waals surface area contributed by atoms with Crippen molar-refractivity contribution in [3.63, 3.8) is 0 Å². The summed E-state index contributed by atoms with van der Waals surface area (Å²) in [4.78, 5) is 14.5.